The Bertz CT molecular complexity index is 744. The number of carboxylic acid groups (broad SMARTS) is 2. The van der Waals surface area contributed by atoms with Gasteiger partial charge in [-0.25, -0.2) is 0 Å². The van der Waals surface area contributed by atoms with Crippen molar-refractivity contribution in [3.63, 3.8) is 0 Å². The molecule has 0 radical (unpaired) electrons. The first kappa shape index (κ1) is 36.9. The van der Waals surface area contributed by atoms with Crippen LogP contribution in [0.25, 0.3) is 0 Å². The van der Waals surface area contributed by atoms with E-state index in [1.165, 1.54) is 0 Å². The second-order valence-corrected chi connectivity index (χ2v) is 11.0. The fourth-order valence-electron chi connectivity index (χ4n) is 4.53. The summed E-state index contributed by atoms with van der Waals surface area (Å²) in [6, 6.07) is -0.517. The van der Waals surface area contributed by atoms with Gasteiger partial charge in [-0.15, -0.1) is 0 Å². The summed E-state index contributed by atoms with van der Waals surface area (Å²) in [7, 11) is 0. The van der Waals surface area contributed by atoms with Gasteiger partial charge in [0.05, 0.1) is 37.1 Å². The second kappa shape index (κ2) is 19.9. The van der Waals surface area contributed by atoms with Gasteiger partial charge in [0.25, 0.3) is 0 Å². The first-order valence-corrected chi connectivity index (χ1v) is 14.2. The highest BCUT2D eigenvalue weighted by molar-refractivity contribution is 5.88. The number of hydrogen-bond donors (Lipinski definition) is 6. The van der Waals surface area contributed by atoms with Crippen LogP contribution in [0.15, 0.2) is 0 Å². The third kappa shape index (κ3) is 16.6. The summed E-state index contributed by atoms with van der Waals surface area (Å²) in [6.07, 6.45) is 0.932. The maximum atomic E-state index is 13.1. The summed E-state index contributed by atoms with van der Waals surface area (Å²) in [5, 5.41) is 48.3. The van der Waals surface area contributed by atoms with E-state index in [-0.39, 0.29) is 24.0 Å². The zero-order valence-corrected chi connectivity index (χ0v) is 24.0. The molecule has 0 aliphatic heterocycles. The number of aliphatic hydroxyl groups is 3. The molecular formula is C28H51NO10. The van der Waals surface area contributed by atoms with Gasteiger partial charge in [-0.1, -0.05) is 52.9 Å². The average molecular weight is 562 g/mol. The molecule has 0 aromatic heterocycles. The highest BCUT2D eigenvalue weighted by Gasteiger charge is 2.32. The number of ketones is 1. The standard InChI is InChI=1S/C28H51NO10/c1-5-6-10-18(3)26(35)23(39-25(34)16-20(28(37)38)15-24(32)33)14-17(2)13-21(30)11-8-7-9-12-22(31)27(36)19(4)29/h17-23,27,30-31,36H,5-16,29H2,1-4H3,(H,32,33)(H,37,38). The Labute approximate surface area is 232 Å². The van der Waals surface area contributed by atoms with Gasteiger partial charge in [-0.2, -0.15) is 0 Å². The van der Waals surface area contributed by atoms with Crippen molar-refractivity contribution in [2.24, 2.45) is 23.5 Å². The van der Waals surface area contributed by atoms with Crippen molar-refractivity contribution in [1.82, 2.24) is 0 Å². The molecule has 0 saturated carbocycles. The van der Waals surface area contributed by atoms with Crippen LogP contribution < -0.4 is 5.73 Å². The summed E-state index contributed by atoms with van der Waals surface area (Å²) in [4.78, 5) is 47.9. The number of aliphatic carboxylic acids is 2. The van der Waals surface area contributed by atoms with Gasteiger partial charge in [0.15, 0.2) is 11.9 Å². The molecule has 11 heteroatoms. The fraction of sp³-hybridized carbons (Fsp3) is 0.857. The van der Waals surface area contributed by atoms with Crippen LogP contribution in [0.2, 0.25) is 0 Å². The molecule has 0 fully saturated rings. The lowest BCUT2D eigenvalue weighted by Gasteiger charge is -2.25. The van der Waals surface area contributed by atoms with Crippen molar-refractivity contribution >= 4 is 23.7 Å². The van der Waals surface area contributed by atoms with Gasteiger partial charge in [0.1, 0.15) is 0 Å². The Morgan fingerprint density at radius 1 is 0.821 bits per heavy atom. The van der Waals surface area contributed by atoms with Crippen LogP contribution in [0.4, 0.5) is 0 Å². The maximum Gasteiger partial charge on any atom is 0.307 e. The molecule has 0 aliphatic rings. The van der Waals surface area contributed by atoms with Crippen molar-refractivity contribution in [1.29, 1.82) is 0 Å². The molecule has 0 rings (SSSR count). The third-order valence-electron chi connectivity index (χ3n) is 7.01. The number of Topliss-reactive ketones (excluding diaryl/α,β-unsaturated/α-hetero) is 1. The van der Waals surface area contributed by atoms with E-state index in [2.05, 4.69) is 0 Å². The topological polar surface area (TPSA) is 205 Å². The van der Waals surface area contributed by atoms with Gasteiger partial charge < -0.3 is 36.0 Å². The number of carbonyl (C=O) groups is 4. The minimum absolute atomic E-state index is 0.163. The van der Waals surface area contributed by atoms with Crippen molar-refractivity contribution in [2.45, 2.75) is 135 Å². The van der Waals surface area contributed by atoms with Crippen molar-refractivity contribution < 1.29 is 49.4 Å². The van der Waals surface area contributed by atoms with E-state index in [1.807, 2.05) is 13.8 Å². The Morgan fingerprint density at radius 3 is 1.97 bits per heavy atom. The minimum Gasteiger partial charge on any atom is -0.481 e. The first-order chi connectivity index (χ1) is 18.2. The molecule has 0 saturated heterocycles. The molecule has 0 spiro atoms. The number of carbonyl (C=O) groups excluding carboxylic acids is 2. The van der Waals surface area contributed by atoms with Gasteiger partial charge in [0.2, 0.25) is 0 Å². The lowest BCUT2D eigenvalue weighted by Crippen LogP contribution is -2.40. The van der Waals surface area contributed by atoms with Crippen LogP contribution >= 0.6 is 0 Å². The SMILES string of the molecule is CCCCC(C)C(=O)C(CC(C)CC(O)CCCCCC(O)C(O)C(C)N)OC(=O)CC(CC(=O)O)C(=O)O. The fourth-order valence-corrected chi connectivity index (χ4v) is 4.53. The van der Waals surface area contributed by atoms with Crippen LogP contribution in [0.5, 0.6) is 0 Å². The average Bonchev–Trinajstić information content (AvgIpc) is 2.84. The lowest BCUT2D eigenvalue weighted by atomic mass is 9.88. The molecule has 0 aromatic carbocycles. The Hall–Kier alpha value is -2.08. The number of hydrogen-bond acceptors (Lipinski definition) is 9. The molecule has 0 aliphatic carbocycles. The Morgan fingerprint density at radius 2 is 1.44 bits per heavy atom. The Kier molecular flexibility index (Phi) is 18.8. The van der Waals surface area contributed by atoms with Gasteiger partial charge in [-0.3, -0.25) is 19.2 Å². The highest BCUT2D eigenvalue weighted by atomic mass is 16.5. The van der Waals surface area contributed by atoms with Crippen LogP contribution in [0, 0.1) is 17.8 Å². The van der Waals surface area contributed by atoms with Gasteiger partial charge in [0, 0.05) is 12.0 Å². The van der Waals surface area contributed by atoms with Crippen molar-refractivity contribution in [3.8, 4) is 0 Å². The van der Waals surface area contributed by atoms with Crippen LogP contribution in [-0.2, 0) is 23.9 Å². The van der Waals surface area contributed by atoms with E-state index in [4.69, 9.17) is 15.6 Å². The molecule has 0 heterocycles. The predicted molar refractivity (Wildman–Crippen MR) is 145 cm³/mol. The minimum atomic E-state index is -1.45. The van der Waals surface area contributed by atoms with Crippen molar-refractivity contribution in [2.75, 3.05) is 0 Å². The molecule has 8 unspecified atom stereocenters. The largest absolute Gasteiger partial charge is 0.481 e. The third-order valence-corrected chi connectivity index (χ3v) is 7.01. The highest BCUT2D eigenvalue weighted by Crippen LogP contribution is 2.23. The second-order valence-electron chi connectivity index (χ2n) is 11.0. The summed E-state index contributed by atoms with van der Waals surface area (Å²) in [5.74, 6) is -5.99. The van der Waals surface area contributed by atoms with E-state index in [1.54, 1.807) is 13.8 Å². The molecule has 11 nitrogen and oxygen atoms in total. The number of carboxylic acids is 2. The summed E-state index contributed by atoms with van der Waals surface area (Å²) in [5.41, 5.74) is 5.58. The molecular weight excluding hydrogens is 510 g/mol. The van der Waals surface area contributed by atoms with E-state index >= 15 is 0 Å². The molecule has 0 bridgehead atoms. The maximum absolute atomic E-state index is 13.1. The molecule has 7 N–H and O–H groups in total. The van der Waals surface area contributed by atoms with Gasteiger partial charge in [-0.05, 0) is 44.9 Å². The van der Waals surface area contributed by atoms with E-state index in [9.17, 15) is 39.6 Å². The molecule has 8 atom stereocenters. The van der Waals surface area contributed by atoms with Crippen LogP contribution in [-0.4, -0.2) is 79.7 Å². The van der Waals surface area contributed by atoms with E-state index in [0.29, 0.717) is 38.5 Å². The number of unbranched alkanes of at least 4 members (excludes halogenated alkanes) is 3. The quantitative estimate of drug-likeness (QED) is 0.0790. The van der Waals surface area contributed by atoms with E-state index in [0.717, 1.165) is 19.3 Å². The summed E-state index contributed by atoms with van der Waals surface area (Å²) < 4.78 is 5.42. The predicted octanol–water partition coefficient (Wildman–Crippen LogP) is 2.66. The van der Waals surface area contributed by atoms with Gasteiger partial charge >= 0.3 is 17.9 Å². The normalized spacial score (nSPS) is 17.7. The zero-order chi connectivity index (χ0) is 30.1. The molecule has 0 amide bonds. The molecule has 0 aromatic rings. The summed E-state index contributed by atoms with van der Waals surface area (Å²) >= 11 is 0. The number of aliphatic hydroxyl groups excluding tert-OH is 3. The van der Waals surface area contributed by atoms with E-state index < -0.39 is 67.1 Å². The molecule has 228 valence electrons. The number of esters is 1. The monoisotopic (exact) mass is 561 g/mol. The van der Waals surface area contributed by atoms with Crippen LogP contribution in [0.3, 0.4) is 0 Å². The Balaban J connectivity index is 4.96. The smallest absolute Gasteiger partial charge is 0.307 e. The number of nitrogens with two attached hydrogens (primary N) is 1. The summed E-state index contributed by atoms with van der Waals surface area (Å²) in [6.45, 7) is 7.22. The lowest BCUT2D eigenvalue weighted by molar-refractivity contribution is -0.161. The molecule has 39 heavy (non-hydrogen) atoms. The van der Waals surface area contributed by atoms with Crippen LogP contribution in [0.1, 0.15) is 105 Å². The first-order valence-electron chi connectivity index (χ1n) is 14.2. The van der Waals surface area contributed by atoms with Crippen molar-refractivity contribution in [3.05, 3.63) is 0 Å². The number of rotatable bonds is 23. The number of ether oxygens (including phenoxy) is 1. The zero-order valence-electron chi connectivity index (χ0n) is 24.0.